The molecule has 0 aliphatic heterocycles. The molecule has 0 atom stereocenters. The van der Waals surface area contributed by atoms with Crippen LogP contribution >= 0.6 is 11.6 Å². The second-order valence-electron chi connectivity index (χ2n) is 4.45. The zero-order valence-electron chi connectivity index (χ0n) is 11.4. The molecule has 0 unspecified atom stereocenters. The van der Waals surface area contributed by atoms with Crippen molar-refractivity contribution in [1.82, 2.24) is 10.2 Å². The van der Waals surface area contributed by atoms with Crippen LogP contribution < -0.4 is 5.32 Å². The Morgan fingerprint density at radius 2 is 2.30 bits per heavy atom. The summed E-state index contributed by atoms with van der Waals surface area (Å²) in [6, 6.07) is 5.66. The van der Waals surface area contributed by atoms with Gasteiger partial charge in [-0.05, 0) is 36.6 Å². The van der Waals surface area contributed by atoms with E-state index in [0.29, 0.717) is 10.8 Å². The van der Waals surface area contributed by atoms with Crippen molar-refractivity contribution < 1.29 is 4.79 Å². The first kappa shape index (κ1) is 14.3. The summed E-state index contributed by atoms with van der Waals surface area (Å²) in [5.74, 6) is 0.435. The number of hydrogen-bond donors (Lipinski definition) is 2. The molecule has 0 fully saturated rings. The predicted molar refractivity (Wildman–Crippen MR) is 81.8 cm³/mol. The molecule has 0 radical (unpaired) electrons. The summed E-state index contributed by atoms with van der Waals surface area (Å²) in [5.41, 5.74) is 2.87. The molecule has 0 saturated heterocycles. The summed E-state index contributed by atoms with van der Waals surface area (Å²) in [6.07, 6.45) is 5.71. The van der Waals surface area contributed by atoms with Gasteiger partial charge in [0, 0.05) is 16.7 Å². The lowest BCUT2D eigenvalue weighted by atomic mass is 10.1. The molecule has 0 aliphatic rings. The summed E-state index contributed by atoms with van der Waals surface area (Å²) in [7, 11) is 0. The second kappa shape index (κ2) is 6.39. The fraction of sp³-hybridized carbons (Fsp3) is 0.200. The van der Waals surface area contributed by atoms with Crippen LogP contribution in [0.25, 0.3) is 6.08 Å². The van der Waals surface area contributed by atoms with Crippen molar-refractivity contribution in [3.05, 3.63) is 52.2 Å². The van der Waals surface area contributed by atoms with Crippen LogP contribution in [-0.2, 0) is 11.2 Å². The molecule has 0 spiro atoms. The first-order chi connectivity index (χ1) is 9.60. The molecule has 5 heteroatoms. The molecule has 1 aromatic heterocycles. The van der Waals surface area contributed by atoms with Crippen LogP contribution in [-0.4, -0.2) is 16.1 Å². The average molecular weight is 290 g/mol. The van der Waals surface area contributed by atoms with Crippen LogP contribution in [0.1, 0.15) is 23.6 Å². The van der Waals surface area contributed by atoms with Crippen molar-refractivity contribution in [3.8, 4) is 0 Å². The van der Waals surface area contributed by atoms with Crippen molar-refractivity contribution in [2.45, 2.75) is 20.3 Å². The van der Waals surface area contributed by atoms with Gasteiger partial charge in [-0.15, -0.1) is 0 Å². The van der Waals surface area contributed by atoms with E-state index in [4.69, 9.17) is 11.6 Å². The number of nitrogens with one attached hydrogen (secondary N) is 2. The van der Waals surface area contributed by atoms with Gasteiger partial charge in [0.15, 0.2) is 0 Å². The molecule has 1 heterocycles. The maximum Gasteiger partial charge on any atom is 0.249 e. The van der Waals surface area contributed by atoms with Crippen molar-refractivity contribution in [2.24, 2.45) is 0 Å². The summed E-state index contributed by atoms with van der Waals surface area (Å²) in [4.78, 5) is 11.8. The molecule has 20 heavy (non-hydrogen) atoms. The van der Waals surface area contributed by atoms with E-state index < -0.39 is 0 Å². The van der Waals surface area contributed by atoms with Gasteiger partial charge in [-0.25, -0.2) is 0 Å². The summed E-state index contributed by atoms with van der Waals surface area (Å²) in [5, 5.41) is 10.1. The third-order valence-corrected chi connectivity index (χ3v) is 3.38. The molecule has 2 aromatic rings. The molecule has 2 N–H and O–H groups in total. The highest BCUT2D eigenvalue weighted by atomic mass is 35.5. The van der Waals surface area contributed by atoms with Gasteiger partial charge in [0.25, 0.3) is 0 Å². The lowest BCUT2D eigenvalue weighted by molar-refractivity contribution is -0.111. The number of aromatic nitrogens is 2. The molecule has 0 saturated carbocycles. The maximum atomic E-state index is 11.8. The Bertz CT molecular complexity index is 646. The fourth-order valence-corrected chi connectivity index (χ4v) is 1.93. The second-order valence-corrected chi connectivity index (χ2v) is 4.86. The number of carbonyl (C=O) groups is 1. The number of nitrogens with zero attached hydrogens (tertiary/aromatic N) is 1. The Morgan fingerprint density at radius 3 is 3.00 bits per heavy atom. The number of carbonyl (C=O) groups excluding carboxylic acids is 1. The van der Waals surface area contributed by atoms with E-state index in [1.54, 1.807) is 12.3 Å². The van der Waals surface area contributed by atoms with Crippen molar-refractivity contribution in [2.75, 3.05) is 5.32 Å². The normalized spacial score (nSPS) is 10.9. The third-order valence-electron chi connectivity index (χ3n) is 2.97. The van der Waals surface area contributed by atoms with Gasteiger partial charge in [-0.3, -0.25) is 9.89 Å². The number of anilines is 1. The van der Waals surface area contributed by atoms with Gasteiger partial charge in [0.05, 0.1) is 6.20 Å². The molecule has 0 aliphatic carbocycles. The van der Waals surface area contributed by atoms with E-state index in [-0.39, 0.29) is 5.91 Å². The van der Waals surface area contributed by atoms with Gasteiger partial charge in [0.1, 0.15) is 5.82 Å². The number of rotatable bonds is 4. The topological polar surface area (TPSA) is 57.8 Å². The number of aryl methyl sites for hydroxylation is 2. The van der Waals surface area contributed by atoms with Gasteiger partial charge >= 0.3 is 0 Å². The van der Waals surface area contributed by atoms with Crippen LogP contribution in [0.5, 0.6) is 0 Å². The van der Waals surface area contributed by atoms with E-state index in [0.717, 1.165) is 23.1 Å². The highest BCUT2D eigenvalue weighted by Gasteiger charge is 2.05. The molecular formula is C15H16ClN3O. The minimum Gasteiger partial charge on any atom is -0.307 e. The Morgan fingerprint density at radius 1 is 1.50 bits per heavy atom. The van der Waals surface area contributed by atoms with Crippen molar-refractivity contribution in [3.63, 3.8) is 0 Å². The number of hydrogen-bond acceptors (Lipinski definition) is 2. The van der Waals surface area contributed by atoms with Crippen LogP contribution in [0.3, 0.4) is 0 Å². The molecule has 1 amide bonds. The van der Waals surface area contributed by atoms with Crippen LogP contribution in [0.2, 0.25) is 5.02 Å². The molecule has 0 bridgehead atoms. The van der Waals surface area contributed by atoms with Gasteiger partial charge in [0.2, 0.25) is 5.91 Å². The summed E-state index contributed by atoms with van der Waals surface area (Å²) < 4.78 is 0. The smallest absolute Gasteiger partial charge is 0.249 e. The fourth-order valence-electron chi connectivity index (χ4n) is 1.74. The first-order valence-electron chi connectivity index (χ1n) is 6.37. The summed E-state index contributed by atoms with van der Waals surface area (Å²) in [6.45, 7) is 3.94. The number of amides is 1. The van der Waals surface area contributed by atoms with E-state index >= 15 is 0 Å². The van der Waals surface area contributed by atoms with Gasteiger partial charge < -0.3 is 5.32 Å². The predicted octanol–water partition coefficient (Wildman–Crippen LogP) is 3.59. The zero-order valence-corrected chi connectivity index (χ0v) is 12.2. The number of halogens is 1. The van der Waals surface area contributed by atoms with Crippen molar-refractivity contribution in [1.29, 1.82) is 0 Å². The Kier molecular flexibility index (Phi) is 4.58. The Hall–Kier alpha value is -2.07. The maximum absolute atomic E-state index is 11.8. The molecule has 1 aromatic carbocycles. The number of aromatic amines is 1. The minimum atomic E-state index is -0.208. The number of benzene rings is 1. The third kappa shape index (κ3) is 3.48. The molecule has 104 valence electrons. The SMILES string of the molecule is CCc1cn[nH]c1NC(=O)/C=C/c1ccc(C)c(Cl)c1. The zero-order chi connectivity index (χ0) is 14.5. The monoisotopic (exact) mass is 289 g/mol. The lowest BCUT2D eigenvalue weighted by Crippen LogP contribution is -2.09. The molecular weight excluding hydrogens is 274 g/mol. The first-order valence-corrected chi connectivity index (χ1v) is 6.75. The summed E-state index contributed by atoms with van der Waals surface area (Å²) >= 11 is 6.04. The minimum absolute atomic E-state index is 0.208. The highest BCUT2D eigenvalue weighted by molar-refractivity contribution is 6.31. The quantitative estimate of drug-likeness (QED) is 0.845. The van der Waals surface area contributed by atoms with Gasteiger partial charge in [-0.2, -0.15) is 5.10 Å². The Balaban J connectivity index is 2.04. The van der Waals surface area contributed by atoms with E-state index in [2.05, 4.69) is 15.5 Å². The molecule has 2 rings (SSSR count). The van der Waals surface area contributed by atoms with Crippen LogP contribution in [0.15, 0.2) is 30.5 Å². The van der Waals surface area contributed by atoms with Crippen molar-refractivity contribution >= 4 is 29.4 Å². The lowest BCUT2D eigenvalue weighted by Gasteiger charge is -2.01. The largest absolute Gasteiger partial charge is 0.307 e. The highest BCUT2D eigenvalue weighted by Crippen LogP contribution is 2.17. The van der Waals surface area contributed by atoms with Gasteiger partial charge in [-0.1, -0.05) is 30.7 Å². The number of H-pyrrole nitrogens is 1. The standard InChI is InChI=1S/C15H16ClN3O/c1-3-12-9-17-19-15(12)18-14(20)7-6-11-5-4-10(2)13(16)8-11/h4-9H,3H2,1-2H3,(H2,17,18,19,20)/b7-6+. The van der Waals surface area contributed by atoms with E-state index in [9.17, 15) is 4.79 Å². The van der Waals surface area contributed by atoms with E-state index in [1.807, 2.05) is 32.0 Å². The Labute approximate surface area is 122 Å². The van der Waals surface area contributed by atoms with Crippen LogP contribution in [0, 0.1) is 6.92 Å². The van der Waals surface area contributed by atoms with E-state index in [1.165, 1.54) is 6.08 Å². The average Bonchev–Trinajstić information content (AvgIpc) is 2.87. The molecule has 4 nitrogen and oxygen atoms in total. The van der Waals surface area contributed by atoms with Crippen LogP contribution in [0.4, 0.5) is 5.82 Å².